The first-order chi connectivity index (χ1) is 11.4. The zero-order valence-electron chi connectivity index (χ0n) is 12.4. The quantitative estimate of drug-likeness (QED) is 0.564. The van der Waals surface area contributed by atoms with Gasteiger partial charge in [0.25, 0.3) is 5.91 Å². The third-order valence-corrected chi connectivity index (χ3v) is 4.83. The van der Waals surface area contributed by atoms with Gasteiger partial charge in [-0.3, -0.25) is 9.69 Å². The van der Waals surface area contributed by atoms with E-state index < -0.39 is 5.97 Å². The van der Waals surface area contributed by atoms with Crippen molar-refractivity contribution in [2.75, 3.05) is 7.05 Å². The summed E-state index contributed by atoms with van der Waals surface area (Å²) in [4.78, 5) is 29.6. The van der Waals surface area contributed by atoms with Gasteiger partial charge < -0.3 is 9.52 Å². The van der Waals surface area contributed by atoms with Crippen LogP contribution in [-0.4, -0.2) is 34.1 Å². The minimum absolute atomic E-state index is 0.148. The molecule has 2 heterocycles. The SMILES string of the molecule is CN1C(=O)C(=Cc2ccc(I)o2)SC1=Nc1cccc(C(=O)O)c1. The lowest BCUT2D eigenvalue weighted by Crippen LogP contribution is -2.23. The number of benzene rings is 1. The molecule has 1 saturated heterocycles. The van der Waals surface area contributed by atoms with Gasteiger partial charge in [0.2, 0.25) is 0 Å². The zero-order valence-corrected chi connectivity index (χ0v) is 15.4. The van der Waals surface area contributed by atoms with Crippen LogP contribution in [0.3, 0.4) is 0 Å². The molecule has 0 unspecified atom stereocenters. The van der Waals surface area contributed by atoms with Crippen molar-refractivity contribution < 1.29 is 19.1 Å². The Morgan fingerprint density at radius 2 is 2.17 bits per heavy atom. The predicted molar refractivity (Wildman–Crippen MR) is 100 cm³/mol. The monoisotopic (exact) mass is 454 g/mol. The molecule has 0 bridgehead atoms. The Bertz CT molecular complexity index is 888. The fourth-order valence-corrected chi connectivity index (χ4v) is 3.41. The van der Waals surface area contributed by atoms with Crippen LogP contribution < -0.4 is 0 Å². The number of amidine groups is 1. The number of furan rings is 1. The molecule has 1 aliphatic rings. The number of aliphatic imine (C=N–C) groups is 1. The number of rotatable bonds is 3. The highest BCUT2D eigenvalue weighted by Gasteiger charge is 2.30. The van der Waals surface area contributed by atoms with Gasteiger partial charge in [0.15, 0.2) is 8.93 Å². The normalized spacial score (nSPS) is 17.9. The van der Waals surface area contributed by atoms with E-state index in [-0.39, 0.29) is 11.5 Å². The fraction of sp³-hybridized carbons (Fsp3) is 0.0625. The maximum atomic E-state index is 12.3. The average Bonchev–Trinajstić information content (AvgIpc) is 3.07. The molecule has 1 aromatic heterocycles. The van der Waals surface area contributed by atoms with E-state index in [1.54, 1.807) is 31.3 Å². The van der Waals surface area contributed by atoms with Crippen LogP contribution in [0.4, 0.5) is 5.69 Å². The Balaban J connectivity index is 1.90. The highest BCUT2D eigenvalue weighted by molar-refractivity contribution is 14.1. The molecule has 1 aliphatic heterocycles. The number of carbonyl (C=O) groups is 2. The largest absolute Gasteiger partial charge is 0.478 e. The number of hydrogen-bond donors (Lipinski definition) is 1. The van der Waals surface area contributed by atoms with Crippen LogP contribution >= 0.6 is 34.4 Å². The highest BCUT2D eigenvalue weighted by Crippen LogP contribution is 2.33. The predicted octanol–water partition coefficient (Wildman–Crippen LogP) is 3.82. The Morgan fingerprint density at radius 1 is 1.38 bits per heavy atom. The van der Waals surface area contributed by atoms with Crippen molar-refractivity contribution in [1.82, 2.24) is 4.90 Å². The molecule has 0 spiro atoms. The Labute approximate surface area is 155 Å². The molecule has 0 atom stereocenters. The van der Waals surface area contributed by atoms with Gasteiger partial charge >= 0.3 is 5.97 Å². The van der Waals surface area contributed by atoms with Gasteiger partial charge in [-0.25, -0.2) is 9.79 Å². The third kappa shape index (κ3) is 3.54. The molecule has 0 radical (unpaired) electrons. The van der Waals surface area contributed by atoms with Crippen molar-refractivity contribution in [2.24, 2.45) is 4.99 Å². The number of likely N-dealkylation sites (N-methyl/N-ethyl adjacent to an activating group) is 1. The topological polar surface area (TPSA) is 83.1 Å². The van der Waals surface area contributed by atoms with Crippen LogP contribution in [0, 0.1) is 3.77 Å². The van der Waals surface area contributed by atoms with E-state index in [0.29, 0.717) is 21.5 Å². The van der Waals surface area contributed by atoms with E-state index >= 15 is 0 Å². The number of aromatic carboxylic acids is 1. The average molecular weight is 454 g/mol. The summed E-state index contributed by atoms with van der Waals surface area (Å²) >= 11 is 3.27. The molecule has 1 fully saturated rings. The maximum absolute atomic E-state index is 12.3. The van der Waals surface area contributed by atoms with E-state index in [9.17, 15) is 9.59 Å². The van der Waals surface area contributed by atoms with Gasteiger partial charge in [-0.2, -0.15) is 0 Å². The van der Waals surface area contributed by atoms with Crippen molar-refractivity contribution in [2.45, 2.75) is 0 Å². The summed E-state index contributed by atoms with van der Waals surface area (Å²) in [5.74, 6) is -0.606. The molecule has 0 aliphatic carbocycles. The van der Waals surface area contributed by atoms with Gasteiger partial charge in [0, 0.05) is 13.1 Å². The van der Waals surface area contributed by atoms with Crippen molar-refractivity contribution in [1.29, 1.82) is 0 Å². The smallest absolute Gasteiger partial charge is 0.335 e. The van der Waals surface area contributed by atoms with Gasteiger partial charge in [0.05, 0.1) is 16.2 Å². The molecule has 1 aromatic carbocycles. The highest BCUT2D eigenvalue weighted by atomic mass is 127. The molecule has 24 heavy (non-hydrogen) atoms. The first-order valence-electron chi connectivity index (χ1n) is 6.79. The third-order valence-electron chi connectivity index (χ3n) is 3.19. The summed E-state index contributed by atoms with van der Waals surface area (Å²) in [6, 6.07) is 9.86. The molecule has 8 heteroatoms. The Morgan fingerprint density at radius 3 is 2.83 bits per heavy atom. The standard InChI is InChI=1S/C16H11IN2O4S/c1-19-14(20)12(8-11-5-6-13(17)23-11)24-16(19)18-10-4-2-3-9(7-10)15(21)22/h2-8H,1H3,(H,21,22). The minimum Gasteiger partial charge on any atom is -0.478 e. The molecule has 3 rings (SSSR count). The number of nitrogens with zero attached hydrogens (tertiary/aromatic N) is 2. The van der Waals surface area contributed by atoms with Crippen LogP contribution in [0.5, 0.6) is 0 Å². The lowest BCUT2D eigenvalue weighted by Gasteiger charge is -2.07. The summed E-state index contributed by atoms with van der Waals surface area (Å²) in [6.07, 6.45) is 1.67. The van der Waals surface area contributed by atoms with Crippen molar-refractivity contribution >= 4 is 63.2 Å². The van der Waals surface area contributed by atoms with E-state index in [1.807, 2.05) is 6.07 Å². The van der Waals surface area contributed by atoms with E-state index in [0.717, 1.165) is 3.77 Å². The number of carboxylic acid groups (broad SMARTS) is 1. The van der Waals surface area contributed by atoms with E-state index in [2.05, 4.69) is 27.6 Å². The summed E-state index contributed by atoms with van der Waals surface area (Å²) in [7, 11) is 1.63. The minimum atomic E-state index is -1.02. The summed E-state index contributed by atoms with van der Waals surface area (Å²) in [5.41, 5.74) is 0.626. The number of carboxylic acids is 1. The number of amides is 1. The first kappa shape index (κ1) is 16.8. The van der Waals surface area contributed by atoms with E-state index in [4.69, 9.17) is 9.52 Å². The van der Waals surface area contributed by atoms with Crippen LogP contribution in [-0.2, 0) is 4.79 Å². The lowest BCUT2D eigenvalue weighted by molar-refractivity contribution is -0.121. The molecular formula is C16H11IN2O4S. The van der Waals surface area contributed by atoms with Crippen molar-refractivity contribution in [3.8, 4) is 0 Å². The van der Waals surface area contributed by atoms with Gasteiger partial charge in [-0.15, -0.1) is 0 Å². The van der Waals surface area contributed by atoms with Crippen LogP contribution in [0.15, 0.2) is 50.7 Å². The Hall–Kier alpha value is -2.07. The molecule has 2 aromatic rings. The number of hydrogen-bond acceptors (Lipinski definition) is 5. The number of halogens is 1. The molecular weight excluding hydrogens is 443 g/mol. The second kappa shape index (κ2) is 6.81. The number of carbonyl (C=O) groups excluding carboxylic acids is 1. The molecule has 122 valence electrons. The van der Waals surface area contributed by atoms with Gasteiger partial charge in [-0.1, -0.05) is 6.07 Å². The maximum Gasteiger partial charge on any atom is 0.335 e. The van der Waals surface area contributed by atoms with E-state index in [1.165, 1.54) is 28.8 Å². The van der Waals surface area contributed by atoms with Crippen LogP contribution in [0.1, 0.15) is 16.1 Å². The van der Waals surface area contributed by atoms with Crippen molar-refractivity contribution in [3.05, 3.63) is 56.4 Å². The first-order valence-corrected chi connectivity index (χ1v) is 8.68. The fourth-order valence-electron chi connectivity index (χ4n) is 2.01. The lowest BCUT2D eigenvalue weighted by atomic mass is 10.2. The molecule has 1 N–H and O–H groups in total. The van der Waals surface area contributed by atoms with Crippen molar-refractivity contribution in [3.63, 3.8) is 0 Å². The van der Waals surface area contributed by atoms with Gasteiger partial charge in [0.1, 0.15) is 5.76 Å². The number of thioether (sulfide) groups is 1. The second-order valence-corrected chi connectivity index (χ2v) is 6.94. The summed E-state index contributed by atoms with van der Waals surface area (Å²) in [5, 5.41) is 9.52. The molecule has 0 saturated carbocycles. The molecule has 1 amide bonds. The Kier molecular flexibility index (Phi) is 4.76. The molecule has 6 nitrogen and oxygen atoms in total. The zero-order chi connectivity index (χ0) is 17.3. The summed E-state index contributed by atoms with van der Waals surface area (Å²) in [6.45, 7) is 0. The van der Waals surface area contributed by atoms with Crippen LogP contribution in [0.25, 0.3) is 6.08 Å². The van der Waals surface area contributed by atoms with Gasteiger partial charge in [-0.05, 0) is 64.7 Å². The summed E-state index contributed by atoms with van der Waals surface area (Å²) < 4.78 is 6.18. The second-order valence-electron chi connectivity index (χ2n) is 4.87. The van der Waals surface area contributed by atoms with Crippen LogP contribution in [0.2, 0.25) is 0 Å².